The predicted molar refractivity (Wildman–Crippen MR) is 57.3 cm³/mol. The van der Waals surface area contributed by atoms with Crippen molar-refractivity contribution in [3.63, 3.8) is 0 Å². The summed E-state index contributed by atoms with van der Waals surface area (Å²) in [4.78, 5) is 30.8. The van der Waals surface area contributed by atoms with Crippen LogP contribution in [0.15, 0.2) is 24.5 Å². The summed E-state index contributed by atoms with van der Waals surface area (Å²) < 4.78 is 25.7. The van der Waals surface area contributed by atoms with Crippen molar-refractivity contribution in [2.24, 2.45) is 0 Å². The zero-order valence-electron chi connectivity index (χ0n) is 8.45. The fourth-order valence-electron chi connectivity index (χ4n) is 1.21. The molecule has 1 rings (SSSR count). The molecule has 2 atom stereocenters. The molecule has 4 N–H and O–H groups in total. The molecule has 0 fully saturated rings. The maximum atomic E-state index is 11.3. The SMILES string of the molecule is O=P(O)(O)C(Cc1cccnc1)P(=O)(O)OO. The van der Waals surface area contributed by atoms with Gasteiger partial charge in [-0.15, -0.1) is 0 Å². The Morgan fingerprint density at radius 1 is 1.35 bits per heavy atom. The molecular formula is C7H11NO7P2. The van der Waals surface area contributed by atoms with Crippen molar-refractivity contribution < 1.29 is 33.7 Å². The van der Waals surface area contributed by atoms with Crippen LogP contribution in [0.3, 0.4) is 0 Å². The Labute approximate surface area is 96.5 Å². The first-order valence-corrected chi connectivity index (χ1v) is 7.70. The van der Waals surface area contributed by atoms with E-state index in [1.807, 2.05) is 0 Å². The number of rotatable bonds is 5. The molecule has 0 aliphatic rings. The average molecular weight is 283 g/mol. The van der Waals surface area contributed by atoms with Crippen LogP contribution in [0.1, 0.15) is 5.56 Å². The van der Waals surface area contributed by atoms with Gasteiger partial charge in [0.05, 0.1) is 0 Å². The Morgan fingerprint density at radius 3 is 2.41 bits per heavy atom. The highest BCUT2D eigenvalue weighted by molar-refractivity contribution is 7.71. The zero-order valence-corrected chi connectivity index (χ0v) is 10.2. The predicted octanol–water partition coefficient (Wildman–Crippen LogP) is 0.803. The first-order chi connectivity index (χ1) is 7.77. The van der Waals surface area contributed by atoms with Crippen LogP contribution in [0.4, 0.5) is 0 Å². The van der Waals surface area contributed by atoms with Crippen molar-refractivity contribution in [2.45, 2.75) is 11.8 Å². The second-order valence-electron chi connectivity index (χ2n) is 3.28. The minimum absolute atomic E-state index is 0.340. The fourth-order valence-corrected chi connectivity index (χ4v) is 3.85. The largest absolute Gasteiger partial charge is 0.370 e. The highest BCUT2D eigenvalue weighted by Gasteiger charge is 2.45. The van der Waals surface area contributed by atoms with E-state index in [0.29, 0.717) is 5.56 Å². The molecule has 0 aromatic carbocycles. The molecule has 96 valence electrons. The van der Waals surface area contributed by atoms with Gasteiger partial charge in [0.15, 0.2) is 5.40 Å². The van der Waals surface area contributed by atoms with Gasteiger partial charge >= 0.3 is 15.2 Å². The third kappa shape index (κ3) is 3.97. The van der Waals surface area contributed by atoms with Crippen molar-refractivity contribution in [1.29, 1.82) is 0 Å². The number of nitrogens with zero attached hydrogens (tertiary/aromatic N) is 1. The Balaban J connectivity index is 3.03. The molecule has 0 radical (unpaired) electrons. The molecular weight excluding hydrogens is 272 g/mol. The van der Waals surface area contributed by atoms with Crippen LogP contribution >= 0.6 is 15.2 Å². The summed E-state index contributed by atoms with van der Waals surface area (Å²) in [6.45, 7) is 0. The molecule has 17 heavy (non-hydrogen) atoms. The lowest BCUT2D eigenvalue weighted by molar-refractivity contribution is -0.146. The zero-order chi connectivity index (χ0) is 13.1. The molecule has 0 bridgehead atoms. The number of hydrogen-bond donors (Lipinski definition) is 4. The van der Waals surface area contributed by atoms with E-state index >= 15 is 0 Å². The second kappa shape index (κ2) is 5.37. The summed E-state index contributed by atoms with van der Waals surface area (Å²) in [5.74, 6) is 0. The van der Waals surface area contributed by atoms with Gasteiger partial charge in [-0.25, -0.2) is 5.26 Å². The van der Waals surface area contributed by atoms with Gasteiger partial charge in [-0.05, 0) is 18.1 Å². The molecule has 0 spiro atoms. The molecule has 0 aliphatic heterocycles. The highest BCUT2D eigenvalue weighted by Crippen LogP contribution is 2.63. The molecule has 8 nitrogen and oxygen atoms in total. The lowest BCUT2D eigenvalue weighted by Crippen LogP contribution is -2.14. The summed E-state index contributed by atoms with van der Waals surface area (Å²) in [6, 6.07) is 2.99. The van der Waals surface area contributed by atoms with Gasteiger partial charge in [0.1, 0.15) is 0 Å². The Morgan fingerprint density at radius 2 is 2.00 bits per heavy atom. The van der Waals surface area contributed by atoms with Gasteiger partial charge in [0.25, 0.3) is 0 Å². The molecule has 1 aromatic heterocycles. The average Bonchev–Trinajstić information content (AvgIpc) is 2.25. The van der Waals surface area contributed by atoms with Crippen LogP contribution in [0.5, 0.6) is 0 Å². The minimum atomic E-state index is -4.91. The Hall–Kier alpha value is -0.590. The lowest BCUT2D eigenvalue weighted by atomic mass is 10.2. The van der Waals surface area contributed by atoms with E-state index in [4.69, 9.17) is 19.9 Å². The normalized spacial score (nSPS) is 17.4. The quantitative estimate of drug-likeness (QED) is 0.354. The summed E-state index contributed by atoms with van der Waals surface area (Å²) in [7, 11) is -9.71. The van der Waals surface area contributed by atoms with E-state index in [0.717, 1.165) is 0 Å². The Kier molecular flexibility index (Phi) is 4.57. The van der Waals surface area contributed by atoms with Gasteiger partial charge in [-0.2, -0.15) is 4.67 Å². The second-order valence-corrected chi connectivity index (χ2v) is 7.40. The summed E-state index contributed by atoms with van der Waals surface area (Å²) in [6.07, 6.45) is 2.30. The fraction of sp³-hybridized carbons (Fsp3) is 0.286. The number of hydrogen-bond acceptors (Lipinski definition) is 5. The molecule has 1 heterocycles. The molecule has 0 aliphatic carbocycles. The van der Waals surface area contributed by atoms with Crippen LogP contribution in [0.25, 0.3) is 0 Å². The van der Waals surface area contributed by atoms with Gasteiger partial charge in [-0.3, -0.25) is 14.1 Å². The minimum Gasteiger partial charge on any atom is -0.324 e. The van der Waals surface area contributed by atoms with Gasteiger partial charge in [0, 0.05) is 12.4 Å². The van der Waals surface area contributed by atoms with Gasteiger partial charge in [0.2, 0.25) is 0 Å². The van der Waals surface area contributed by atoms with Crippen molar-refractivity contribution in [3.8, 4) is 0 Å². The Bertz CT molecular complexity index is 459. The van der Waals surface area contributed by atoms with Crippen LogP contribution in [-0.4, -0.2) is 30.3 Å². The summed E-state index contributed by atoms with van der Waals surface area (Å²) in [5, 5.41) is 6.21. The first kappa shape index (κ1) is 14.5. The van der Waals surface area contributed by atoms with Crippen molar-refractivity contribution in [2.75, 3.05) is 0 Å². The third-order valence-corrected chi connectivity index (χ3v) is 5.93. The van der Waals surface area contributed by atoms with Crippen molar-refractivity contribution in [3.05, 3.63) is 30.1 Å². The maximum Gasteiger partial charge on any atom is 0.370 e. The molecule has 0 saturated carbocycles. The van der Waals surface area contributed by atoms with E-state index in [1.165, 1.54) is 24.5 Å². The third-order valence-electron chi connectivity index (χ3n) is 2.02. The van der Waals surface area contributed by atoms with Gasteiger partial charge < -0.3 is 14.7 Å². The number of aromatic nitrogens is 1. The molecule has 1 aromatic rings. The van der Waals surface area contributed by atoms with Gasteiger partial charge in [-0.1, -0.05) is 6.07 Å². The maximum absolute atomic E-state index is 11.3. The standard InChI is InChI=1S/C7H11NO7P2/c9-15-17(13,14)7(16(10,11)12)4-6-2-1-3-8-5-6/h1-3,5,7,9H,4H2,(H,13,14)(H2,10,11,12). The van der Waals surface area contributed by atoms with Crippen LogP contribution < -0.4 is 0 Å². The molecule has 2 unspecified atom stereocenters. The molecule has 0 saturated heterocycles. The van der Waals surface area contributed by atoms with Crippen LogP contribution in [-0.2, 0) is 20.2 Å². The van der Waals surface area contributed by atoms with E-state index in [2.05, 4.69) is 9.66 Å². The van der Waals surface area contributed by atoms with Crippen LogP contribution in [0.2, 0.25) is 0 Å². The van der Waals surface area contributed by atoms with E-state index < -0.39 is 27.0 Å². The van der Waals surface area contributed by atoms with E-state index in [1.54, 1.807) is 0 Å². The van der Waals surface area contributed by atoms with Crippen molar-refractivity contribution in [1.82, 2.24) is 4.98 Å². The lowest BCUT2D eigenvalue weighted by Gasteiger charge is -2.20. The van der Waals surface area contributed by atoms with Crippen LogP contribution in [0, 0.1) is 0 Å². The van der Waals surface area contributed by atoms with Crippen molar-refractivity contribution >= 4 is 15.2 Å². The topological polar surface area (TPSA) is 137 Å². The molecule has 0 amide bonds. The van der Waals surface area contributed by atoms with E-state index in [-0.39, 0.29) is 0 Å². The first-order valence-electron chi connectivity index (χ1n) is 4.37. The smallest absolute Gasteiger partial charge is 0.324 e. The highest BCUT2D eigenvalue weighted by atomic mass is 31.2. The molecule has 10 heteroatoms. The van der Waals surface area contributed by atoms with E-state index in [9.17, 15) is 9.13 Å². The summed E-state index contributed by atoms with van der Waals surface area (Å²) in [5.41, 5.74) is 0.340. The summed E-state index contributed by atoms with van der Waals surface area (Å²) >= 11 is 0. The number of pyridine rings is 1. The monoisotopic (exact) mass is 283 g/mol.